The molecule has 0 amide bonds. The Balaban J connectivity index is 1.65. The number of hydrogen-bond donors (Lipinski definition) is 3. The summed E-state index contributed by atoms with van der Waals surface area (Å²) in [5.41, 5.74) is 10.8. The molecule has 2 aromatic carbocycles. The zero-order valence-electron chi connectivity index (χ0n) is 22.6. The van der Waals surface area contributed by atoms with E-state index in [1.807, 2.05) is 69.0 Å². The van der Waals surface area contributed by atoms with Crippen LogP contribution >= 0.6 is 0 Å². The SMILES string of the molecule is COc1cc(N(C)CCN(C)C)c(N)cc1Nc1nccc(-c2ccc3nc(C)n(C(C)(C)O)c3c2)n1. The quantitative estimate of drug-likeness (QED) is 0.292. The van der Waals surface area contributed by atoms with Gasteiger partial charge in [-0.25, -0.2) is 15.0 Å². The van der Waals surface area contributed by atoms with Crippen molar-refractivity contribution >= 4 is 34.0 Å². The minimum atomic E-state index is -1.08. The summed E-state index contributed by atoms with van der Waals surface area (Å²) in [5.74, 6) is 1.79. The van der Waals surface area contributed by atoms with E-state index in [2.05, 4.69) is 25.1 Å². The van der Waals surface area contributed by atoms with Crippen molar-refractivity contribution in [2.45, 2.75) is 26.5 Å². The number of nitrogens with two attached hydrogens (primary N) is 1. The summed E-state index contributed by atoms with van der Waals surface area (Å²) in [6, 6.07) is 11.5. The predicted octanol–water partition coefficient (Wildman–Crippen LogP) is 3.82. The van der Waals surface area contributed by atoms with Gasteiger partial charge in [-0.3, -0.25) is 4.57 Å². The van der Waals surface area contributed by atoms with Crippen LogP contribution in [0.3, 0.4) is 0 Å². The van der Waals surface area contributed by atoms with E-state index in [1.165, 1.54) is 0 Å². The zero-order valence-corrected chi connectivity index (χ0v) is 22.6. The smallest absolute Gasteiger partial charge is 0.227 e. The summed E-state index contributed by atoms with van der Waals surface area (Å²) in [6.45, 7) is 7.10. The number of rotatable bonds is 9. The van der Waals surface area contributed by atoms with E-state index in [-0.39, 0.29) is 0 Å². The van der Waals surface area contributed by atoms with Crippen molar-refractivity contribution < 1.29 is 9.84 Å². The number of aryl methyl sites for hydroxylation is 1. The fourth-order valence-electron chi connectivity index (χ4n) is 4.40. The van der Waals surface area contributed by atoms with Crippen LogP contribution in [0.2, 0.25) is 0 Å². The lowest BCUT2D eigenvalue weighted by Crippen LogP contribution is -2.29. The molecule has 10 nitrogen and oxygen atoms in total. The number of likely N-dealkylation sites (N-methyl/N-ethyl adjacent to an activating group) is 2. The molecule has 0 unspecified atom stereocenters. The van der Waals surface area contributed by atoms with E-state index < -0.39 is 5.72 Å². The zero-order chi connectivity index (χ0) is 26.9. The highest BCUT2D eigenvalue weighted by Gasteiger charge is 2.22. The third-order valence-corrected chi connectivity index (χ3v) is 6.21. The van der Waals surface area contributed by atoms with E-state index in [1.54, 1.807) is 27.2 Å². The van der Waals surface area contributed by atoms with Gasteiger partial charge < -0.3 is 30.7 Å². The number of benzene rings is 2. The van der Waals surface area contributed by atoms with Crippen LogP contribution in [0.15, 0.2) is 42.6 Å². The van der Waals surface area contributed by atoms with Crippen molar-refractivity contribution in [3.8, 4) is 17.0 Å². The van der Waals surface area contributed by atoms with Crippen LogP contribution in [0, 0.1) is 6.92 Å². The first-order valence-corrected chi connectivity index (χ1v) is 12.1. The summed E-state index contributed by atoms with van der Waals surface area (Å²) in [6.07, 6.45) is 1.70. The number of methoxy groups -OCH3 is 1. The molecular formula is C27H36N8O2. The fourth-order valence-corrected chi connectivity index (χ4v) is 4.40. The average Bonchev–Trinajstić information content (AvgIpc) is 3.18. The van der Waals surface area contributed by atoms with Crippen molar-refractivity contribution in [2.24, 2.45) is 0 Å². The summed E-state index contributed by atoms with van der Waals surface area (Å²) < 4.78 is 7.47. The van der Waals surface area contributed by atoms with Crippen LogP contribution in [0.4, 0.5) is 23.0 Å². The first kappa shape index (κ1) is 26.2. The topological polar surface area (TPSA) is 118 Å². The van der Waals surface area contributed by atoms with Gasteiger partial charge in [0.2, 0.25) is 5.95 Å². The lowest BCUT2D eigenvalue weighted by Gasteiger charge is -2.24. The molecule has 0 fully saturated rings. The lowest BCUT2D eigenvalue weighted by atomic mass is 10.1. The maximum atomic E-state index is 10.7. The Kier molecular flexibility index (Phi) is 7.24. The molecule has 0 spiro atoms. The van der Waals surface area contributed by atoms with Crippen LogP contribution < -0.4 is 20.7 Å². The molecule has 196 valence electrons. The van der Waals surface area contributed by atoms with E-state index in [4.69, 9.17) is 15.5 Å². The van der Waals surface area contributed by atoms with Gasteiger partial charge in [-0.15, -0.1) is 0 Å². The molecule has 0 aliphatic carbocycles. The van der Waals surface area contributed by atoms with Gasteiger partial charge in [0.05, 0.1) is 40.9 Å². The Hall–Kier alpha value is -3.89. The Labute approximate surface area is 217 Å². The normalized spacial score (nSPS) is 11.8. The van der Waals surface area contributed by atoms with Crippen molar-refractivity contribution in [1.29, 1.82) is 0 Å². The molecule has 4 aromatic rings. The monoisotopic (exact) mass is 504 g/mol. The summed E-state index contributed by atoms with van der Waals surface area (Å²) in [7, 11) is 7.72. The van der Waals surface area contributed by atoms with Crippen LogP contribution in [0.1, 0.15) is 19.7 Å². The van der Waals surface area contributed by atoms with Gasteiger partial charge in [-0.2, -0.15) is 0 Å². The number of fused-ring (bicyclic) bond motifs is 1. The van der Waals surface area contributed by atoms with Gasteiger partial charge in [-0.05, 0) is 59.1 Å². The highest BCUT2D eigenvalue weighted by molar-refractivity contribution is 5.83. The Bertz CT molecular complexity index is 1410. The largest absolute Gasteiger partial charge is 0.494 e. The molecular weight excluding hydrogens is 468 g/mol. The van der Waals surface area contributed by atoms with Gasteiger partial charge in [0.1, 0.15) is 17.3 Å². The van der Waals surface area contributed by atoms with Gasteiger partial charge in [0.15, 0.2) is 0 Å². The molecule has 4 rings (SSSR count). The van der Waals surface area contributed by atoms with Gasteiger partial charge in [-0.1, -0.05) is 6.07 Å². The molecule has 0 saturated carbocycles. The average molecular weight is 505 g/mol. The Morgan fingerprint density at radius 3 is 2.51 bits per heavy atom. The molecule has 37 heavy (non-hydrogen) atoms. The fraction of sp³-hybridized carbons (Fsp3) is 0.370. The summed E-state index contributed by atoms with van der Waals surface area (Å²) in [4.78, 5) is 17.9. The second-order valence-electron chi connectivity index (χ2n) is 9.92. The standard InChI is InChI=1S/C27H36N8O2/c1-17-30-21-9-8-18(14-24(21)35(17)27(2,3)36)20-10-11-29-26(31-20)32-22-15-19(28)23(16-25(22)37-7)34(6)13-12-33(4)5/h8-11,14-16,36H,12-13,28H2,1-7H3,(H,29,31,32). The van der Waals surface area contributed by atoms with E-state index in [9.17, 15) is 5.11 Å². The molecule has 2 aromatic heterocycles. The number of nitrogens with zero attached hydrogens (tertiary/aromatic N) is 6. The number of hydrogen-bond acceptors (Lipinski definition) is 9. The third kappa shape index (κ3) is 5.60. The molecule has 0 bridgehead atoms. The second kappa shape index (κ2) is 10.2. The first-order valence-electron chi connectivity index (χ1n) is 12.1. The maximum Gasteiger partial charge on any atom is 0.227 e. The number of aliphatic hydroxyl groups is 1. The second-order valence-corrected chi connectivity index (χ2v) is 9.92. The number of imidazole rings is 1. The molecule has 0 radical (unpaired) electrons. The number of ether oxygens (including phenoxy) is 1. The number of nitrogens with one attached hydrogen (secondary N) is 1. The third-order valence-electron chi connectivity index (χ3n) is 6.21. The molecule has 0 saturated heterocycles. The summed E-state index contributed by atoms with van der Waals surface area (Å²) in [5, 5.41) is 13.9. The van der Waals surface area contributed by atoms with Gasteiger partial charge in [0.25, 0.3) is 0 Å². The maximum absolute atomic E-state index is 10.7. The lowest BCUT2D eigenvalue weighted by molar-refractivity contribution is 0.00391. The molecule has 0 aliphatic rings. The van der Waals surface area contributed by atoms with E-state index >= 15 is 0 Å². The Morgan fingerprint density at radius 2 is 1.84 bits per heavy atom. The van der Waals surface area contributed by atoms with Crippen molar-refractivity contribution in [2.75, 3.05) is 57.3 Å². The first-order chi connectivity index (χ1) is 17.5. The molecule has 0 atom stereocenters. The van der Waals surface area contributed by atoms with Crippen LogP contribution in [-0.4, -0.2) is 70.9 Å². The minimum Gasteiger partial charge on any atom is -0.494 e. The minimum absolute atomic E-state index is 0.413. The summed E-state index contributed by atoms with van der Waals surface area (Å²) >= 11 is 0. The van der Waals surface area contributed by atoms with Crippen LogP contribution in [0.5, 0.6) is 5.75 Å². The van der Waals surface area contributed by atoms with Crippen molar-refractivity contribution in [3.05, 3.63) is 48.4 Å². The number of anilines is 4. The molecule has 4 N–H and O–H groups in total. The van der Waals surface area contributed by atoms with Crippen molar-refractivity contribution in [1.82, 2.24) is 24.4 Å². The van der Waals surface area contributed by atoms with Crippen LogP contribution in [-0.2, 0) is 5.72 Å². The van der Waals surface area contributed by atoms with Crippen molar-refractivity contribution in [3.63, 3.8) is 0 Å². The van der Waals surface area contributed by atoms with E-state index in [0.29, 0.717) is 23.1 Å². The van der Waals surface area contributed by atoms with E-state index in [0.717, 1.165) is 46.9 Å². The predicted molar refractivity (Wildman–Crippen MR) is 150 cm³/mol. The Morgan fingerprint density at radius 1 is 1.08 bits per heavy atom. The van der Waals surface area contributed by atoms with Gasteiger partial charge in [0, 0.05) is 38.0 Å². The molecule has 2 heterocycles. The highest BCUT2D eigenvalue weighted by atomic mass is 16.5. The molecule has 0 aliphatic heterocycles. The van der Waals surface area contributed by atoms with Gasteiger partial charge >= 0.3 is 0 Å². The molecule has 10 heteroatoms. The number of nitrogen functional groups attached to an aromatic ring is 1. The highest BCUT2D eigenvalue weighted by Crippen LogP contribution is 2.36. The number of aromatic nitrogens is 4. The van der Waals surface area contributed by atoms with Crippen LogP contribution in [0.25, 0.3) is 22.3 Å².